The van der Waals surface area contributed by atoms with Crippen molar-refractivity contribution < 1.29 is 14.3 Å². The molecule has 1 N–H and O–H groups in total. The van der Waals surface area contributed by atoms with Crippen LogP contribution in [0.15, 0.2) is 0 Å². The average Bonchev–Trinajstić information content (AvgIpc) is 2.27. The van der Waals surface area contributed by atoms with Gasteiger partial charge in [0.25, 0.3) is 0 Å². The number of nitrogens with zero attached hydrogens (tertiary/aromatic N) is 1. The summed E-state index contributed by atoms with van der Waals surface area (Å²) in [4.78, 5) is 13.9. The standard InChI is InChI=1S/C14H28N2O3/c1-6-12-10-18-11(2)9-16(12)8-7-15-13(17)19-14(3,4)5/h11-12H,6-10H2,1-5H3,(H,15,17)/t11-,12-/m0/s1. The Balaban J connectivity index is 2.29. The number of hydrogen-bond acceptors (Lipinski definition) is 4. The van der Waals surface area contributed by atoms with Gasteiger partial charge in [-0.05, 0) is 34.1 Å². The maximum absolute atomic E-state index is 11.5. The summed E-state index contributed by atoms with van der Waals surface area (Å²) < 4.78 is 10.9. The number of hydrogen-bond donors (Lipinski definition) is 1. The first-order valence-corrected chi connectivity index (χ1v) is 7.14. The quantitative estimate of drug-likeness (QED) is 0.850. The Morgan fingerprint density at radius 2 is 2.16 bits per heavy atom. The minimum atomic E-state index is -0.441. The van der Waals surface area contributed by atoms with Crippen molar-refractivity contribution in [1.82, 2.24) is 10.2 Å². The van der Waals surface area contributed by atoms with E-state index in [1.54, 1.807) is 0 Å². The average molecular weight is 272 g/mol. The van der Waals surface area contributed by atoms with Crippen LogP contribution in [-0.2, 0) is 9.47 Å². The Hall–Kier alpha value is -0.810. The third-order valence-corrected chi connectivity index (χ3v) is 3.12. The van der Waals surface area contributed by atoms with Crippen molar-refractivity contribution in [3.8, 4) is 0 Å². The monoisotopic (exact) mass is 272 g/mol. The Morgan fingerprint density at radius 1 is 1.47 bits per heavy atom. The number of morpholine rings is 1. The van der Waals surface area contributed by atoms with Gasteiger partial charge in [0, 0.05) is 25.7 Å². The Labute approximate surface area is 116 Å². The van der Waals surface area contributed by atoms with Crippen LogP contribution in [0, 0.1) is 0 Å². The summed E-state index contributed by atoms with van der Waals surface area (Å²) >= 11 is 0. The summed E-state index contributed by atoms with van der Waals surface area (Å²) in [5, 5.41) is 2.80. The summed E-state index contributed by atoms with van der Waals surface area (Å²) in [6.45, 7) is 13.0. The normalized spacial score (nSPS) is 25.1. The highest BCUT2D eigenvalue weighted by molar-refractivity contribution is 5.67. The number of ether oxygens (including phenoxy) is 2. The molecule has 5 heteroatoms. The molecule has 1 aliphatic heterocycles. The lowest BCUT2D eigenvalue weighted by Gasteiger charge is -2.38. The van der Waals surface area contributed by atoms with Crippen LogP contribution < -0.4 is 5.32 Å². The van der Waals surface area contributed by atoms with Gasteiger partial charge < -0.3 is 14.8 Å². The zero-order valence-electron chi connectivity index (χ0n) is 12.9. The zero-order chi connectivity index (χ0) is 14.5. The molecule has 19 heavy (non-hydrogen) atoms. The third kappa shape index (κ3) is 6.25. The first-order chi connectivity index (χ1) is 8.81. The van der Waals surface area contributed by atoms with Crippen LogP contribution in [-0.4, -0.2) is 55.0 Å². The van der Waals surface area contributed by atoms with Gasteiger partial charge in [-0.2, -0.15) is 0 Å². The number of rotatable bonds is 4. The molecule has 5 nitrogen and oxygen atoms in total. The molecule has 1 aliphatic rings. The van der Waals surface area contributed by atoms with Crippen molar-refractivity contribution in [2.75, 3.05) is 26.2 Å². The fourth-order valence-corrected chi connectivity index (χ4v) is 2.18. The van der Waals surface area contributed by atoms with Gasteiger partial charge in [-0.1, -0.05) is 6.92 Å². The Bertz CT molecular complexity index is 289. The smallest absolute Gasteiger partial charge is 0.407 e. The lowest BCUT2D eigenvalue weighted by Crippen LogP contribution is -2.51. The van der Waals surface area contributed by atoms with Gasteiger partial charge in [0.2, 0.25) is 0 Å². The van der Waals surface area contributed by atoms with Crippen molar-refractivity contribution in [2.45, 2.75) is 58.8 Å². The Morgan fingerprint density at radius 3 is 2.74 bits per heavy atom. The van der Waals surface area contributed by atoms with Crippen LogP contribution in [0.2, 0.25) is 0 Å². The van der Waals surface area contributed by atoms with Gasteiger partial charge in [0.15, 0.2) is 0 Å². The first kappa shape index (κ1) is 16.2. The molecule has 1 fully saturated rings. The zero-order valence-corrected chi connectivity index (χ0v) is 12.9. The number of carbonyl (C=O) groups excluding carboxylic acids is 1. The molecule has 112 valence electrons. The van der Waals surface area contributed by atoms with Gasteiger partial charge in [0.1, 0.15) is 5.60 Å². The number of alkyl carbamates (subject to hydrolysis) is 1. The summed E-state index contributed by atoms with van der Waals surface area (Å²) in [6.07, 6.45) is 0.991. The Kier molecular flexibility index (Phi) is 6.07. The molecular weight excluding hydrogens is 244 g/mol. The van der Waals surface area contributed by atoms with Crippen LogP contribution in [0.5, 0.6) is 0 Å². The molecule has 0 aromatic rings. The van der Waals surface area contributed by atoms with Gasteiger partial charge >= 0.3 is 6.09 Å². The van der Waals surface area contributed by atoms with E-state index in [9.17, 15) is 4.79 Å². The summed E-state index contributed by atoms with van der Waals surface area (Å²) in [7, 11) is 0. The van der Waals surface area contributed by atoms with Crippen LogP contribution in [0.1, 0.15) is 41.0 Å². The third-order valence-electron chi connectivity index (χ3n) is 3.12. The number of carbonyl (C=O) groups is 1. The largest absolute Gasteiger partial charge is 0.444 e. The summed E-state index contributed by atoms with van der Waals surface area (Å²) in [5.41, 5.74) is -0.441. The van der Waals surface area contributed by atoms with Crippen LogP contribution >= 0.6 is 0 Å². The van der Waals surface area contributed by atoms with Gasteiger partial charge in [-0.25, -0.2) is 4.79 Å². The van der Waals surface area contributed by atoms with Crippen molar-refractivity contribution in [1.29, 1.82) is 0 Å². The summed E-state index contributed by atoms with van der Waals surface area (Å²) in [5.74, 6) is 0. The molecule has 0 radical (unpaired) electrons. The molecule has 1 heterocycles. The molecule has 0 bridgehead atoms. The summed E-state index contributed by atoms with van der Waals surface area (Å²) in [6, 6.07) is 0.455. The second kappa shape index (κ2) is 7.10. The van der Waals surface area contributed by atoms with Crippen molar-refractivity contribution in [3.63, 3.8) is 0 Å². The molecule has 0 aromatic heterocycles. The highest BCUT2D eigenvalue weighted by atomic mass is 16.6. The van der Waals surface area contributed by atoms with Gasteiger partial charge in [0.05, 0.1) is 12.7 Å². The second-order valence-corrected chi connectivity index (χ2v) is 6.13. The minimum absolute atomic E-state index is 0.268. The molecule has 0 aromatic carbocycles. The maximum atomic E-state index is 11.5. The van der Waals surface area contributed by atoms with E-state index in [-0.39, 0.29) is 12.2 Å². The molecule has 0 spiro atoms. The van der Waals surface area contributed by atoms with Crippen molar-refractivity contribution in [2.24, 2.45) is 0 Å². The fraction of sp³-hybridized carbons (Fsp3) is 0.929. The molecule has 0 aliphatic carbocycles. The van der Waals surface area contributed by atoms with E-state index in [2.05, 4.69) is 24.1 Å². The number of amides is 1. The van der Waals surface area contributed by atoms with Gasteiger partial charge in [-0.15, -0.1) is 0 Å². The predicted molar refractivity (Wildman–Crippen MR) is 75.3 cm³/mol. The van der Waals surface area contributed by atoms with Gasteiger partial charge in [-0.3, -0.25) is 4.90 Å². The van der Waals surface area contributed by atoms with Crippen molar-refractivity contribution in [3.05, 3.63) is 0 Å². The van der Waals surface area contributed by atoms with Crippen LogP contribution in [0.3, 0.4) is 0 Å². The molecule has 1 rings (SSSR count). The topological polar surface area (TPSA) is 50.8 Å². The first-order valence-electron chi connectivity index (χ1n) is 7.14. The number of nitrogens with one attached hydrogen (secondary N) is 1. The van der Waals surface area contributed by atoms with E-state index >= 15 is 0 Å². The highest BCUT2D eigenvalue weighted by Crippen LogP contribution is 2.13. The van der Waals surface area contributed by atoms with E-state index in [1.165, 1.54) is 0 Å². The van der Waals surface area contributed by atoms with E-state index in [0.717, 1.165) is 26.1 Å². The SMILES string of the molecule is CC[C@H]1CO[C@@H](C)CN1CCNC(=O)OC(C)(C)C. The van der Waals surface area contributed by atoms with E-state index in [1.807, 2.05) is 20.8 Å². The van der Waals surface area contributed by atoms with E-state index < -0.39 is 5.60 Å². The molecule has 0 unspecified atom stereocenters. The van der Waals surface area contributed by atoms with Crippen LogP contribution in [0.25, 0.3) is 0 Å². The molecule has 0 saturated carbocycles. The molecule has 2 atom stereocenters. The van der Waals surface area contributed by atoms with Crippen LogP contribution in [0.4, 0.5) is 4.79 Å². The predicted octanol–water partition coefficient (Wildman–Crippen LogP) is 2.01. The lowest BCUT2D eigenvalue weighted by atomic mass is 10.1. The molecular formula is C14H28N2O3. The molecule has 1 amide bonds. The highest BCUT2D eigenvalue weighted by Gasteiger charge is 2.25. The van der Waals surface area contributed by atoms with E-state index in [4.69, 9.17) is 9.47 Å². The fourth-order valence-electron chi connectivity index (χ4n) is 2.18. The van der Waals surface area contributed by atoms with E-state index in [0.29, 0.717) is 12.6 Å². The minimum Gasteiger partial charge on any atom is -0.444 e. The van der Waals surface area contributed by atoms with Crippen molar-refractivity contribution >= 4 is 6.09 Å². The lowest BCUT2D eigenvalue weighted by molar-refractivity contribution is -0.0551. The second-order valence-electron chi connectivity index (χ2n) is 6.13. The maximum Gasteiger partial charge on any atom is 0.407 e. The molecule has 1 saturated heterocycles.